The average molecular weight is 871 g/mol. The van der Waals surface area contributed by atoms with Gasteiger partial charge < -0.3 is 9.97 Å². The molecule has 286 valence electrons. The molecule has 2 amide bonds. The molecule has 7 rings (SSSR count). The van der Waals surface area contributed by atoms with Crippen molar-refractivity contribution in [1.29, 1.82) is 0 Å². The number of H-pyrrole nitrogens is 2. The first-order chi connectivity index (χ1) is 26.6. The molecule has 0 saturated carbocycles. The summed E-state index contributed by atoms with van der Waals surface area (Å²) < 4.78 is 51.6. The van der Waals surface area contributed by atoms with E-state index in [1.165, 1.54) is 36.4 Å². The number of benzene rings is 5. The van der Waals surface area contributed by atoms with E-state index in [9.17, 15) is 26.4 Å². The molecular weight excluding hydrogens is 842 g/mol. The molecule has 5 aromatic carbocycles. The number of aryl methyl sites for hydroxylation is 1. The molecule has 0 spiro atoms. The number of aromatic amines is 2. The van der Waals surface area contributed by atoms with E-state index in [2.05, 4.69) is 30.5 Å². The van der Waals surface area contributed by atoms with Crippen molar-refractivity contribution in [1.82, 2.24) is 30.5 Å². The lowest BCUT2D eigenvalue weighted by Gasteiger charge is -2.18. The molecular formula is C38H28Cl4N6O6S2. The number of halogens is 4. The Morgan fingerprint density at radius 1 is 0.554 bits per heavy atom. The highest BCUT2D eigenvalue weighted by Gasteiger charge is 2.26. The van der Waals surface area contributed by atoms with Gasteiger partial charge >= 0.3 is 0 Å². The van der Waals surface area contributed by atoms with Crippen LogP contribution in [0.1, 0.15) is 48.9 Å². The van der Waals surface area contributed by atoms with E-state index in [0.717, 1.165) is 22.3 Å². The van der Waals surface area contributed by atoms with Gasteiger partial charge in [-0.15, -0.1) is 9.66 Å². The predicted molar refractivity (Wildman–Crippen MR) is 217 cm³/mol. The van der Waals surface area contributed by atoms with Crippen molar-refractivity contribution < 1.29 is 26.4 Å². The lowest BCUT2D eigenvalue weighted by molar-refractivity contribution is 0.0937. The zero-order valence-corrected chi connectivity index (χ0v) is 33.4. The number of hydrazine groups is 2. The lowest BCUT2D eigenvalue weighted by Crippen LogP contribution is -2.41. The van der Waals surface area contributed by atoms with Crippen LogP contribution in [0.15, 0.2) is 119 Å². The summed E-state index contributed by atoms with van der Waals surface area (Å²) in [5.41, 5.74) is 9.75. The molecule has 2 heterocycles. The summed E-state index contributed by atoms with van der Waals surface area (Å²) in [5.74, 6) is -1.88. The van der Waals surface area contributed by atoms with Crippen LogP contribution < -0.4 is 20.5 Å². The molecule has 0 saturated heterocycles. The highest BCUT2D eigenvalue weighted by molar-refractivity contribution is 7.89. The van der Waals surface area contributed by atoms with Crippen molar-refractivity contribution in [2.75, 3.05) is 0 Å². The maximum atomic E-state index is 13.3. The largest absolute Gasteiger partial charge is 0.361 e. The number of hydrogen-bond donors (Lipinski definition) is 6. The Morgan fingerprint density at radius 3 is 1.39 bits per heavy atom. The Labute approximate surface area is 340 Å². The Kier molecular flexibility index (Phi) is 10.9. The maximum absolute atomic E-state index is 13.3. The minimum atomic E-state index is -4.19. The molecule has 0 atom stereocenters. The summed E-state index contributed by atoms with van der Waals surface area (Å²) in [5, 5.41) is 1.78. The third kappa shape index (κ3) is 8.01. The molecule has 18 heteroatoms. The van der Waals surface area contributed by atoms with Crippen molar-refractivity contribution in [3.8, 4) is 0 Å². The fraction of sp³-hybridized carbons (Fsp3) is 0.0526. The quantitative estimate of drug-likeness (QED) is 0.0717. The van der Waals surface area contributed by atoms with E-state index in [4.69, 9.17) is 46.4 Å². The van der Waals surface area contributed by atoms with Crippen LogP contribution in [-0.4, -0.2) is 38.6 Å². The van der Waals surface area contributed by atoms with Crippen LogP contribution in [-0.2, 0) is 20.0 Å². The number of nitrogens with one attached hydrogen (secondary N) is 6. The molecule has 12 nitrogen and oxygen atoms in total. The van der Waals surface area contributed by atoms with Crippen molar-refractivity contribution in [2.24, 2.45) is 0 Å². The normalized spacial score (nSPS) is 12.0. The van der Waals surface area contributed by atoms with Crippen molar-refractivity contribution in [3.63, 3.8) is 0 Å². The van der Waals surface area contributed by atoms with Gasteiger partial charge in [0.2, 0.25) is 0 Å². The van der Waals surface area contributed by atoms with Gasteiger partial charge in [0.25, 0.3) is 31.9 Å². The van der Waals surface area contributed by atoms with Gasteiger partial charge in [0, 0.05) is 51.2 Å². The fourth-order valence-corrected chi connectivity index (χ4v) is 8.56. The lowest BCUT2D eigenvalue weighted by atomic mass is 9.84. The first-order valence-electron chi connectivity index (χ1n) is 16.4. The van der Waals surface area contributed by atoms with Gasteiger partial charge in [-0.2, -0.15) is 0 Å². The fourth-order valence-electron chi connectivity index (χ4n) is 6.11. The molecule has 0 fully saturated rings. The SMILES string of the molecule is Cc1ccc(C(c2c[nH]c3ccc(C(=O)NNS(=O)(=O)c4ccc(Cl)c(Cl)c4)cc23)c2c[nH]c3ccc(C(=O)NNS(=O)(=O)c4ccc(Cl)c(Cl)c4)cc23)cc1. The standard InChI is InChI=1S/C38H28Cl4N6O6S2/c1-20-2-4-21(5-3-20)36(28-18-43-34-12-6-22(14-26(28)34)37(49)45-47-55(51,52)24-8-10-30(39)32(41)16-24)29-19-44-35-13-7-23(15-27(29)35)38(50)46-48-56(53,54)25-9-11-31(40)33(42)17-25/h2-19,36,43-44,47-48H,1H3,(H,45,49)(H,46,50). The van der Waals surface area contributed by atoms with E-state index in [1.807, 2.05) is 43.6 Å². The van der Waals surface area contributed by atoms with Gasteiger partial charge in [0.15, 0.2) is 0 Å². The molecule has 0 aliphatic rings. The van der Waals surface area contributed by atoms with Gasteiger partial charge in [-0.05, 0) is 96.4 Å². The third-order valence-electron chi connectivity index (χ3n) is 8.99. The van der Waals surface area contributed by atoms with Gasteiger partial charge in [-0.3, -0.25) is 20.4 Å². The number of rotatable bonds is 11. The minimum Gasteiger partial charge on any atom is -0.361 e. The molecule has 0 unspecified atom stereocenters. The van der Waals surface area contributed by atoms with Gasteiger partial charge in [-0.25, -0.2) is 16.8 Å². The third-order valence-corrected chi connectivity index (χ3v) is 13.0. The van der Waals surface area contributed by atoms with Crippen molar-refractivity contribution in [2.45, 2.75) is 22.6 Å². The van der Waals surface area contributed by atoms with Crippen molar-refractivity contribution in [3.05, 3.63) is 163 Å². The number of carbonyl (C=O) groups excluding carboxylic acids is 2. The van der Waals surface area contributed by atoms with Crippen LogP contribution in [0.4, 0.5) is 0 Å². The van der Waals surface area contributed by atoms with Gasteiger partial charge in [-0.1, -0.05) is 76.2 Å². The molecule has 0 bridgehead atoms. The zero-order chi connectivity index (χ0) is 39.9. The molecule has 0 aliphatic heterocycles. The topological polar surface area (TPSA) is 182 Å². The van der Waals surface area contributed by atoms with Crippen LogP contribution in [0.5, 0.6) is 0 Å². The van der Waals surface area contributed by atoms with E-state index in [-0.39, 0.29) is 41.0 Å². The van der Waals surface area contributed by atoms with Gasteiger partial charge in [0.05, 0.1) is 29.9 Å². The van der Waals surface area contributed by atoms with Crippen LogP contribution in [0, 0.1) is 6.92 Å². The predicted octanol–water partition coefficient (Wildman–Crippen LogP) is 8.00. The van der Waals surface area contributed by atoms with E-state index >= 15 is 0 Å². The molecule has 7 aromatic rings. The number of aromatic nitrogens is 2. The number of carbonyl (C=O) groups is 2. The number of hydrogen-bond acceptors (Lipinski definition) is 6. The van der Waals surface area contributed by atoms with Crippen LogP contribution in [0.3, 0.4) is 0 Å². The number of sulfonamides is 2. The second-order valence-electron chi connectivity index (χ2n) is 12.6. The van der Waals surface area contributed by atoms with E-state index in [0.29, 0.717) is 21.8 Å². The highest BCUT2D eigenvalue weighted by Crippen LogP contribution is 2.40. The Hall–Kier alpha value is -4.90. The Bertz CT molecular complexity index is 2740. The van der Waals surface area contributed by atoms with Crippen LogP contribution in [0.25, 0.3) is 21.8 Å². The summed E-state index contributed by atoms with van der Waals surface area (Å²) in [6, 6.07) is 25.3. The van der Waals surface area contributed by atoms with Crippen molar-refractivity contribution >= 4 is 100 Å². The molecule has 56 heavy (non-hydrogen) atoms. The maximum Gasteiger partial charge on any atom is 0.266 e. The highest BCUT2D eigenvalue weighted by atomic mass is 35.5. The first-order valence-corrected chi connectivity index (χ1v) is 20.9. The molecule has 2 aromatic heterocycles. The monoisotopic (exact) mass is 868 g/mol. The zero-order valence-electron chi connectivity index (χ0n) is 28.7. The molecule has 6 N–H and O–H groups in total. The minimum absolute atomic E-state index is 0.0351. The van der Waals surface area contributed by atoms with E-state index in [1.54, 1.807) is 36.4 Å². The Morgan fingerprint density at radius 2 is 0.982 bits per heavy atom. The summed E-state index contributed by atoms with van der Waals surface area (Å²) in [6.45, 7) is 1.97. The molecule has 0 aliphatic carbocycles. The smallest absolute Gasteiger partial charge is 0.266 e. The summed E-state index contributed by atoms with van der Waals surface area (Å²) in [7, 11) is -8.38. The van der Waals surface area contributed by atoms with Gasteiger partial charge in [0.1, 0.15) is 0 Å². The Balaban J connectivity index is 1.21. The summed E-state index contributed by atoms with van der Waals surface area (Å²) in [4.78, 5) is 37.0. The second-order valence-corrected chi connectivity index (χ2v) is 17.6. The first kappa shape index (κ1) is 39.3. The average Bonchev–Trinajstić information content (AvgIpc) is 3.80. The van der Waals surface area contributed by atoms with Crippen LogP contribution in [0.2, 0.25) is 20.1 Å². The van der Waals surface area contributed by atoms with Crippen LogP contribution >= 0.6 is 46.4 Å². The van der Waals surface area contributed by atoms with E-state index < -0.39 is 37.8 Å². The summed E-state index contributed by atoms with van der Waals surface area (Å²) >= 11 is 23.8. The second kappa shape index (κ2) is 15.6. The number of fused-ring (bicyclic) bond motifs is 2. The summed E-state index contributed by atoms with van der Waals surface area (Å²) in [6.07, 6.45) is 3.66. The molecule has 0 radical (unpaired) electrons. The number of amides is 2.